The normalized spacial score (nSPS) is 13.2. The van der Waals surface area contributed by atoms with E-state index in [2.05, 4.69) is 5.32 Å². The van der Waals surface area contributed by atoms with E-state index in [0.29, 0.717) is 22.8 Å². The van der Waals surface area contributed by atoms with Gasteiger partial charge in [-0.05, 0) is 31.4 Å². The molecule has 0 fully saturated rings. The molecule has 0 atom stereocenters. The Morgan fingerprint density at radius 2 is 2.14 bits per heavy atom. The van der Waals surface area contributed by atoms with Gasteiger partial charge in [-0.1, -0.05) is 26.1 Å². The summed E-state index contributed by atoms with van der Waals surface area (Å²) in [5, 5.41) is 21.8. The predicted octanol–water partition coefficient (Wildman–Crippen LogP) is 3.37. The molecule has 118 valence electrons. The van der Waals surface area contributed by atoms with Crippen LogP contribution in [-0.4, -0.2) is 22.5 Å². The van der Waals surface area contributed by atoms with Gasteiger partial charge in [-0.3, -0.25) is 9.69 Å². The van der Waals surface area contributed by atoms with Gasteiger partial charge in [0.1, 0.15) is 12.3 Å². The fourth-order valence-electron chi connectivity index (χ4n) is 2.31. The SMILES string of the molecule is CC.CC(=S)Nc1cc2c(cc1O)N(CC#N)C(=O)CCC2. The van der Waals surface area contributed by atoms with Crippen LogP contribution in [0.4, 0.5) is 11.4 Å². The van der Waals surface area contributed by atoms with Crippen LogP contribution in [0.2, 0.25) is 0 Å². The highest BCUT2D eigenvalue weighted by atomic mass is 32.1. The summed E-state index contributed by atoms with van der Waals surface area (Å²) < 4.78 is 0. The standard InChI is InChI=1S/C14H15N3O2S.C2H6/c1-9(20)16-11-7-10-3-2-4-14(19)17(6-5-15)12(10)8-13(11)18;1-2/h7-8,18H,2-4,6H2,1H3,(H,16,20);1-2H3. The molecule has 5 nitrogen and oxygen atoms in total. The number of amides is 1. The number of phenols is 1. The van der Waals surface area contributed by atoms with Crippen molar-refractivity contribution in [2.45, 2.75) is 40.0 Å². The number of hydrogen-bond donors (Lipinski definition) is 2. The Labute approximate surface area is 136 Å². The molecule has 1 aliphatic rings. The maximum atomic E-state index is 12.0. The molecule has 0 aliphatic carbocycles. The average molecular weight is 319 g/mol. The van der Waals surface area contributed by atoms with Crippen molar-refractivity contribution in [3.63, 3.8) is 0 Å². The topological polar surface area (TPSA) is 76.4 Å². The summed E-state index contributed by atoms with van der Waals surface area (Å²) in [5.74, 6) is -0.0676. The molecular weight excluding hydrogens is 298 g/mol. The minimum absolute atomic E-state index is 0.00968. The highest BCUT2D eigenvalue weighted by molar-refractivity contribution is 7.80. The Hall–Kier alpha value is -2.13. The summed E-state index contributed by atoms with van der Waals surface area (Å²) in [5.41, 5.74) is 2.07. The fraction of sp³-hybridized carbons (Fsp3) is 0.438. The number of benzene rings is 1. The van der Waals surface area contributed by atoms with E-state index in [1.54, 1.807) is 13.0 Å². The molecule has 0 bridgehead atoms. The van der Waals surface area contributed by atoms with Crippen LogP contribution in [0.5, 0.6) is 5.75 Å². The summed E-state index contributed by atoms with van der Waals surface area (Å²) in [7, 11) is 0. The highest BCUT2D eigenvalue weighted by Gasteiger charge is 2.23. The molecule has 2 N–H and O–H groups in total. The molecule has 0 saturated carbocycles. The summed E-state index contributed by atoms with van der Waals surface area (Å²) in [6, 6.07) is 5.31. The van der Waals surface area contributed by atoms with Gasteiger partial charge in [-0.15, -0.1) is 0 Å². The van der Waals surface area contributed by atoms with E-state index in [1.807, 2.05) is 19.9 Å². The van der Waals surface area contributed by atoms with Gasteiger partial charge in [0.2, 0.25) is 5.91 Å². The van der Waals surface area contributed by atoms with E-state index in [4.69, 9.17) is 17.5 Å². The molecule has 1 heterocycles. The lowest BCUT2D eigenvalue weighted by Crippen LogP contribution is -2.30. The van der Waals surface area contributed by atoms with E-state index < -0.39 is 0 Å². The van der Waals surface area contributed by atoms with Crippen molar-refractivity contribution in [3.8, 4) is 11.8 Å². The Morgan fingerprint density at radius 3 is 2.73 bits per heavy atom. The second kappa shape index (κ2) is 8.35. The number of aryl methyl sites for hydroxylation is 1. The van der Waals surface area contributed by atoms with Crippen LogP contribution in [0.3, 0.4) is 0 Å². The maximum Gasteiger partial charge on any atom is 0.227 e. The molecule has 1 aromatic carbocycles. The smallest absolute Gasteiger partial charge is 0.227 e. The molecule has 0 aromatic heterocycles. The van der Waals surface area contributed by atoms with E-state index in [0.717, 1.165) is 18.4 Å². The van der Waals surface area contributed by atoms with Gasteiger partial charge >= 0.3 is 0 Å². The van der Waals surface area contributed by atoms with Crippen molar-refractivity contribution in [3.05, 3.63) is 17.7 Å². The summed E-state index contributed by atoms with van der Waals surface area (Å²) in [6.45, 7) is 5.72. The van der Waals surface area contributed by atoms with Crippen LogP contribution in [0.15, 0.2) is 12.1 Å². The number of nitriles is 1. The maximum absolute atomic E-state index is 12.0. The van der Waals surface area contributed by atoms with Gasteiger partial charge in [0, 0.05) is 12.5 Å². The molecule has 2 rings (SSSR count). The van der Waals surface area contributed by atoms with E-state index >= 15 is 0 Å². The van der Waals surface area contributed by atoms with Crippen molar-refractivity contribution in [2.75, 3.05) is 16.8 Å². The molecule has 6 heteroatoms. The number of nitrogens with one attached hydrogen (secondary N) is 1. The van der Waals surface area contributed by atoms with Gasteiger partial charge < -0.3 is 10.4 Å². The molecular formula is C16H21N3O2S. The van der Waals surface area contributed by atoms with Crippen molar-refractivity contribution in [2.24, 2.45) is 0 Å². The number of aromatic hydroxyl groups is 1. The number of fused-ring (bicyclic) bond motifs is 1. The predicted molar refractivity (Wildman–Crippen MR) is 92.3 cm³/mol. The zero-order valence-electron chi connectivity index (χ0n) is 13.1. The van der Waals surface area contributed by atoms with E-state index in [1.165, 1.54) is 11.0 Å². The first-order valence-electron chi connectivity index (χ1n) is 7.33. The first kappa shape index (κ1) is 17.9. The second-order valence-corrected chi connectivity index (χ2v) is 5.28. The Bertz CT molecular complexity index is 608. The molecule has 0 spiro atoms. The van der Waals surface area contributed by atoms with Crippen molar-refractivity contribution < 1.29 is 9.90 Å². The number of carbonyl (C=O) groups is 1. The number of phenolic OH excluding ortho intramolecular Hbond substituents is 1. The van der Waals surface area contributed by atoms with Gasteiger partial charge in [0.15, 0.2) is 0 Å². The third-order valence-electron chi connectivity index (χ3n) is 3.17. The van der Waals surface area contributed by atoms with Crippen molar-refractivity contribution >= 4 is 34.5 Å². The number of nitrogens with zero attached hydrogens (tertiary/aromatic N) is 2. The van der Waals surface area contributed by atoms with Crippen molar-refractivity contribution in [1.82, 2.24) is 0 Å². The number of hydrogen-bond acceptors (Lipinski definition) is 4. The lowest BCUT2D eigenvalue weighted by atomic mass is 10.1. The van der Waals surface area contributed by atoms with Crippen LogP contribution >= 0.6 is 12.2 Å². The largest absolute Gasteiger partial charge is 0.506 e. The molecule has 1 aliphatic heterocycles. The summed E-state index contributed by atoms with van der Waals surface area (Å²) in [4.78, 5) is 14.0. The molecule has 1 aromatic rings. The summed E-state index contributed by atoms with van der Waals surface area (Å²) in [6.07, 6.45) is 1.87. The third kappa shape index (κ3) is 4.18. The van der Waals surface area contributed by atoms with Crippen LogP contribution in [-0.2, 0) is 11.2 Å². The van der Waals surface area contributed by atoms with Gasteiger partial charge in [-0.2, -0.15) is 5.26 Å². The van der Waals surface area contributed by atoms with E-state index in [9.17, 15) is 9.90 Å². The van der Waals surface area contributed by atoms with Crippen molar-refractivity contribution in [1.29, 1.82) is 5.26 Å². The van der Waals surface area contributed by atoms with Gasteiger partial charge in [-0.25, -0.2) is 0 Å². The van der Waals surface area contributed by atoms with Gasteiger partial charge in [0.05, 0.1) is 22.4 Å². The van der Waals surface area contributed by atoms with Crippen LogP contribution in [0.25, 0.3) is 0 Å². The number of thiocarbonyl (C=S) groups is 1. The second-order valence-electron chi connectivity index (χ2n) is 4.67. The Morgan fingerprint density at radius 1 is 1.45 bits per heavy atom. The summed E-state index contributed by atoms with van der Waals surface area (Å²) >= 11 is 4.97. The third-order valence-corrected chi connectivity index (χ3v) is 3.27. The zero-order valence-corrected chi connectivity index (χ0v) is 14.0. The Balaban J connectivity index is 0.00000116. The quantitative estimate of drug-likeness (QED) is 0.496. The van der Waals surface area contributed by atoms with Crippen LogP contribution in [0, 0.1) is 11.3 Å². The fourth-order valence-corrected chi connectivity index (χ4v) is 2.42. The molecule has 0 radical (unpaired) electrons. The van der Waals surface area contributed by atoms with Gasteiger partial charge in [0.25, 0.3) is 0 Å². The monoisotopic (exact) mass is 319 g/mol. The Kier molecular flexibility index (Phi) is 6.80. The number of carbonyl (C=O) groups excluding carboxylic acids is 1. The average Bonchev–Trinajstić information content (AvgIpc) is 2.62. The molecule has 0 saturated heterocycles. The van der Waals surface area contributed by atoms with E-state index in [-0.39, 0.29) is 18.2 Å². The first-order valence-corrected chi connectivity index (χ1v) is 7.74. The lowest BCUT2D eigenvalue weighted by molar-refractivity contribution is -0.118. The molecule has 1 amide bonds. The first-order chi connectivity index (χ1) is 10.5. The molecule has 22 heavy (non-hydrogen) atoms. The number of rotatable bonds is 2. The lowest BCUT2D eigenvalue weighted by Gasteiger charge is -2.21. The minimum atomic E-state index is -0.0866. The molecule has 0 unspecified atom stereocenters. The minimum Gasteiger partial charge on any atom is -0.506 e. The zero-order chi connectivity index (χ0) is 16.7. The van der Waals surface area contributed by atoms with Crippen LogP contribution < -0.4 is 10.2 Å². The highest BCUT2D eigenvalue weighted by Crippen LogP contribution is 2.35. The van der Waals surface area contributed by atoms with Crippen LogP contribution in [0.1, 0.15) is 39.2 Å². The number of anilines is 2.